The fourth-order valence-corrected chi connectivity index (χ4v) is 5.13. The van der Waals surface area contributed by atoms with Crippen molar-refractivity contribution in [2.75, 3.05) is 24.6 Å². The summed E-state index contributed by atoms with van der Waals surface area (Å²) in [7, 11) is -5.66. The van der Waals surface area contributed by atoms with E-state index in [1.807, 2.05) is 0 Å². The van der Waals surface area contributed by atoms with Crippen LogP contribution in [0, 0.1) is 0 Å². The molecule has 2 heterocycles. The van der Waals surface area contributed by atoms with Crippen molar-refractivity contribution in [3.63, 3.8) is 0 Å². The third kappa shape index (κ3) is 3.27. The van der Waals surface area contributed by atoms with Crippen LogP contribution in [0.25, 0.3) is 0 Å². The molecular weight excluding hydrogens is 320 g/mol. The first-order chi connectivity index (χ1) is 9.63. The van der Waals surface area contributed by atoms with Gasteiger partial charge in [-0.25, -0.2) is 21.6 Å². The predicted molar refractivity (Wildman–Crippen MR) is 74.4 cm³/mol. The van der Waals surface area contributed by atoms with E-state index in [9.17, 15) is 21.6 Å². The molecule has 1 fully saturated rings. The zero-order valence-electron chi connectivity index (χ0n) is 11.4. The lowest BCUT2D eigenvalue weighted by Gasteiger charge is -2.18. The van der Waals surface area contributed by atoms with Crippen LogP contribution in [0.1, 0.15) is 16.9 Å². The van der Waals surface area contributed by atoms with E-state index in [4.69, 9.17) is 5.11 Å². The van der Waals surface area contributed by atoms with Crippen LogP contribution in [0.5, 0.6) is 0 Å². The molecule has 0 aromatic carbocycles. The average molecular weight is 336 g/mol. The minimum absolute atomic E-state index is 0.0335. The molecule has 0 atom stereocenters. The molecule has 1 aliphatic rings. The number of rotatable bonds is 3. The van der Waals surface area contributed by atoms with Gasteiger partial charge in [0, 0.05) is 26.3 Å². The number of aromatic carboxylic acids is 1. The predicted octanol–water partition coefficient (Wildman–Crippen LogP) is -0.467. The number of aryl methyl sites for hydroxylation is 1. The molecule has 8 nitrogen and oxygen atoms in total. The lowest BCUT2D eigenvalue weighted by molar-refractivity contribution is 0.0686. The summed E-state index contributed by atoms with van der Waals surface area (Å²) in [5.41, 5.74) is -0.143. The Kier molecular flexibility index (Phi) is 4.13. The second kappa shape index (κ2) is 5.43. The monoisotopic (exact) mass is 336 g/mol. The highest BCUT2D eigenvalue weighted by molar-refractivity contribution is 7.91. The van der Waals surface area contributed by atoms with Crippen LogP contribution in [-0.2, 0) is 26.9 Å². The van der Waals surface area contributed by atoms with E-state index in [-0.39, 0.29) is 41.6 Å². The van der Waals surface area contributed by atoms with Crippen molar-refractivity contribution >= 4 is 25.8 Å². The minimum Gasteiger partial charge on any atom is -0.477 e. The van der Waals surface area contributed by atoms with E-state index in [0.717, 1.165) is 10.4 Å². The number of sulfonamides is 1. The number of carboxylic acids is 1. The Bertz CT molecular complexity index is 763. The molecule has 10 heteroatoms. The van der Waals surface area contributed by atoms with Crippen LogP contribution >= 0.6 is 0 Å². The van der Waals surface area contributed by atoms with Crippen molar-refractivity contribution in [2.24, 2.45) is 7.05 Å². The molecule has 21 heavy (non-hydrogen) atoms. The minimum atomic E-state index is -3.89. The summed E-state index contributed by atoms with van der Waals surface area (Å²) in [4.78, 5) is 10.8. The molecule has 2 rings (SSSR count). The SMILES string of the molecule is Cn1cc(S(=O)(=O)N2CCCS(=O)(=O)CC2)cc1C(=O)O. The Balaban J connectivity index is 2.34. The number of carboxylic acid groups (broad SMARTS) is 1. The van der Waals surface area contributed by atoms with Crippen molar-refractivity contribution in [1.82, 2.24) is 8.87 Å². The van der Waals surface area contributed by atoms with Crippen molar-refractivity contribution in [2.45, 2.75) is 11.3 Å². The highest BCUT2D eigenvalue weighted by atomic mass is 32.2. The van der Waals surface area contributed by atoms with Gasteiger partial charge in [0.25, 0.3) is 0 Å². The zero-order chi connectivity index (χ0) is 15.8. The fraction of sp³-hybridized carbons (Fsp3) is 0.545. The van der Waals surface area contributed by atoms with E-state index >= 15 is 0 Å². The molecular formula is C11H16N2O6S2. The van der Waals surface area contributed by atoms with Crippen LogP contribution < -0.4 is 0 Å². The van der Waals surface area contributed by atoms with E-state index in [0.29, 0.717) is 0 Å². The van der Waals surface area contributed by atoms with Gasteiger partial charge in [0.05, 0.1) is 11.5 Å². The topological polar surface area (TPSA) is 114 Å². The number of hydrogen-bond acceptors (Lipinski definition) is 5. The maximum absolute atomic E-state index is 12.5. The first-order valence-corrected chi connectivity index (χ1v) is 9.50. The summed E-state index contributed by atoms with van der Waals surface area (Å²) in [5, 5.41) is 8.96. The standard InChI is InChI=1S/C11H16N2O6S2/c1-12-8-9(7-10(12)11(14)15)21(18,19)13-3-2-5-20(16,17)6-4-13/h7-8H,2-6H2,1H3,(H,14,15). The molecule has 0 saturated carbocycles. The summed E-state index contributed by atoms with van der Waals surface area (Å²) in [6.07, 6.45) is 1.46. The van der Waals surface area contributed by atoms with Crippen molar-refractivity contribution in [3.05, 3.63) is 18.0 Å². The van der Waals surface area contributed by atoms with Gasteiger partial charge in [0.1, 0.15) is 10.6 Å². The number of hydrogen-bond donors (Lipinski definition) is 1. The second-order valence-corrected chi connectivity index (χ2v) is 9.13. The quantitative estimate of drug-likeness (QED) is 0.798. The van der Waals surface area contributed by atoms with Gasteiger partial charge in [-0.15, -0.1) is 0 Å². The van der Waals surface area contributed by atoms with Gasteiger partial charge in [-0.1, -0.05) is 0 Å². The molecule has 0 spiro atoms. The highest BCUT2D eigenvalue weighted by Gasteiger charge is 2.30. The lowest BCUT2D eigenvalue weighted by Crippen LogP contribution is -2.33. The Hall–Kier alpha value is -1.39. The van der Waals surface area contributed by atoms with Gasteiger partial charge < -0.3 is 9.67 Å². The van der Waals surface area contributed by atoms with Gasteiger partial charge in [-0.3, -0.25) is 0 Å². The molecule has 1 saturated heterocycles. The summed E-state index contributed by atoms with van der Waals surface area (Å²) in [6, 6.07) is 1.08. The summed E-state index contributed by atoms with van der Waals surface area (Å²) >= 11 is 0. The number of aromatic nitrogens is 1. The number of nitrogens with zero attached hydrogens (tertiary/aromatic N) is 2. The lowest BCUT2D eigenvalue weighted by atomic mass is 10.4. The van der Waals surface area contributed by atoms with Gasteiger partial charge in [0.15, 0.2) is 9.84 Å². The van der Waals surface area contributed by atoms with Crippen molar-refractivity contribution in [1.29, 1.82) is 0 Å². The first kappa shape index (κ1) is 16.0. The van der Waals surface area contributed by atoms with E-state index in [1.165, 1.54) is 17.8 Å². The molecule has 1 aromatic rings. The van der Waals surface area contributed by atoms with E-state index < -0.39 is 25.8 Å². The summed E-state index contributed by atoms with van der Waals surface area (Å²) in [6.45, 7) is 0.000822. The molecule has 0 bridgehead atoms. The molecule has 0 aliphatic carbocycles. The third-order valence-corrected chi connectivity index (χ3v) is 6.93. The van der Waals surface area contributed by atoms with Gasteiger partial charge in [0.2, 0.25) is 10.0 Å². The van der Waals surface area contributed by atoms with Crippen LogP contribution in [0.2, 0.25) is 0 Å². The highest BCUT2D eigenvalue weighted by Crippen LogP contribution is 2.20. The van der Waals surface area contributed by atoms with Crippen LogP contribution in [0.4, 0.5) is 0 Å². The molecule has 0 unspecified atom stereocenters. The average Bonchev–Trinajstić information content (AvgIpc) is 2.66. The third-order valence-electron chi connectivity index (χ3n) is 3.35. The Morgan fingerprint density at radius 3 is 2.52 bits per heavy atom. The molecule has 1 aliphatic heterocycles. The Morgan fingerprint density at radius 1 is 1.29 bits per heavy atom. The van der Waals surface area contributed by atoms with E-state index in [1.54, 1.807) is 0 Å². The normalized spacial score (nSPS) is 20.0. The molecule has 1 N–H and O–H groups in total. The van der Waals surface area contributed by atoms with Gasteiger partial charge in [-0.2, -0.15) is 4.31 Å². The first-order valence-electron chi connectivity index (χ1n) is 6.24. The number of carbonyl (C=O) groups is 1. The summed E-state index contributed by atoms with van der Waals surface area (Å²) in [5.74, 6) is -1.48. The Morgan fingerprint density at radius 2 is 1.95 bits per heavy atom. The summed E-state index contributed by atoms with van der Waals surface area (Å²) < 4.78 is 50.3. The van der Waals surface area contributed by atoms with Crippen LogP contribution in [0.3, 0.4) is 0 Å². The molecule has 118 valence electrons. The number of sulfone groups is 1. The van der Waals surface area contributed by atoms with Crippen molar-refractivity contribution < 1.29 is 26.7 Å². The van der Waals surface area contributed by atoms with E-state index in [2.05, 4.69) is 0 Å². The largest absolute Gasteiger partial charge is 0.477 e. The van der Waals surface area contributed by atoms with Gasteiger partial charge in [-0.05, 0) is 12.5 Å². The molecule has 1 aromatic heterocycles. The maximum Gasteiger partial charge on any atom is 0.352 e. The van der Waals surface area contributed by atoms with Crippen LogP contribution in [-0.4, -0.2) is 61.4 Å². The second-order valence-electron chi connectivity index (χ2n) is 4.89. The maximum atomic E-state index is 12.5. The van der Waals surface area contributed by atoms with Crippen molar-refractivity contribution in [3.8, 4) is 0 Å². The van der Waals surface area contributed by atoms with Crippen LogP contribution in [0.15, 0.2) is 17.2 Å². The molecule has 0 amide bonds. The van der Waals surface area contributed by atoms with Gasteiger partial charge >= 0.3 is 5.97 Å². The Labute approximate surface area is 123 Å². The fourth-order valence-electron chi connectivity index (χ4n) is 2.19. The smallest absolute Gasteiger partial charge is 0.352 e. The zero-order valence-corrected chi connectivity index (χ0v) is 13.0. The molecule has 0 radical (unpaired) electrons.